The molecule has 0 aliphatic carbocycles. The van der Waals surface area contributed by atoms with Gasteiger partial charge in [-0.1, -0.05) is 0 Å². The Balaban J connectivity index is 2.41. The minimum atomic E-state index is 0.984. The van der Waals surface area contributed by atoms with Crippen LogP contribution < -0.4 is 10.9 Å². The molecule has 4 heteroatoms. The van der Waals surface area contributed by atoms with Crippen LogP contribution in [-0.4, -0.2) is 17.1 Å². The summed E-state index contributed by atoms with van der Waals surface area (Å²) < 4.78 is 0. The van der Waals surface area contributed by atoms with Crippen LogP contribution in [0.1, 0.15) is 11.3 Å². The Bertz CT molecular complexity index is 332. The number of rotatable bonds is 1. The number of hydrogen-bond acceptors (Lipinski definition) is 4. The van der Waals surface area contributed by atoms with Gasteiger partial charge >= 0.3 is 0 Å². The topological polar surface area (TPSA) is 45.2 Å². The fourth-order valence-corrected chi connectivity index (χ4v) is 1.48. The summed E-state index contributed by atoms with van der Waals surface area (Å²) in [6.07, 6.45) is 0. The van der Waals surface area contributed by atoms with Gasteiger partial charge < -0.3 is 0 Å². The quantitative estimate of drug-likeness (QED) is 0.380. The van der Waals surface area contributed by atoms with Crippen molar-refractivity contribution in [1.82, 2.24) is 10.1 Å². The van der Waals surface area contributed by atoms with Gasteiger partial charge in [-0.15, -0.1) is 0 Å². The van der Waals surface area contributed by atoms with Crippen LogP contribution in [-0.2, 0) is 0 Å². The molecule has 1 aromatic heterocycles. The van der Waals surface area contributed by atoms with E-state index >= 15 is 0 Å². The van der Waals surface area contributed by atoms with Crippen molar-refractivity contribution >= 4 is 11.5 Å². The van der Waals surface area contributed by atoms with Gasteiger partial charge in [-0.3, -0.25) is 5.84 Å². The third-order valence-corrected chi connectivity index (χ3v) is 1.97. The summed E-state index contributed by atoms with van der Waals surface area (Å²) in [6.45, 7) is 4.05. The second kappa shape index (κ2) is 2.18. The van der Waals surface area contributed by atoms with E-state index in [0.717, 1.165) is 17.2 Å². The van der Waals surface area contributed by atoms with Gasteiger partial charge in [-0.25, -0.2) is 9.99 Å². The fraction of sp³-hybridized carbons (Fsp3) is 0.375. The standard InChI is InChI=1S/C8H12N4/c1-5-4-6(2)10-8-7(5)12(8)11(3)9/h4H,9H2,1-3H3. The number of nitrogens with zero attached hydrogens (tertiary/aromatic N) is 3. The molecule has 0 unspecified atom stereocenters. The molecule has 0 fully saturated rings. The zero-order valence-electron chi connectivity index (χ0n) is 7.50. The summed E-state index contributed by atoms with van der Waals surface area (Å²) in [4.78, 5) is 4.33. The zero-order chi connectivity index (χ0) is 8.88. The molecule has 1 aliphatic rings. The molecule has 0 radical (unpaired) electrons. The number of aromatic nitrogens is 1. The first-order chi connectivity index (χ1) is 5.61. The van der Waals surface area contributed by atoms with E-state index in [1.807, 2.05) is 11.9 Å². The van der Waals surface area contributed by atoms with Gasteiger partial charge in [0.2, 0.25) is 0 Å². The highest BCUT2D eigenvalue weighted by Gasteiger charge is 2.35. The Morgan fingerprint density at radius 1 is 1.50 bits per heavy atom. The van der Waals surface area contributed by atoms with Crippen LogP contribution in [0.25, 0.3) is 0 Å². The Morgan fingerprint density at radius 2 is 2.17 bits per heavy atom. The van der Waals surface area contributed by atoms with Crippen LogP contribution in [0.5, 0.6) is 0 Å². The van der Waals surface area contributed by atoms with E-state index in [-0.39, 0.29) is 0 Å². The van der Waals surface area contributed by atoms with Gasteiger partial charge in [0.05, 0.1) is 0 Å². The van der Waals surface area contributed by atoms with Crippen LogP contribution >= 0.6 is 0 Å². The molecular weight excluding hydrogens is 152 g/mol. The zero-order valence-corrected chi connectivity index (χ0v) is 7.50. The van der Waals surface area contributed by atoms with E-state index in [4.69, 9.17) is 5.84 Å². The molecule has 0 bridgehead atoms. The van der Waals surface area contributed by atoms with Gasteiger partial charge in [0.15, 0.2) is 5.82 Å². The maximum absolute atomic E-state index is 5.59. The monoisotopic (exact) mass is 164 g/mol. The van der Waals surface area contributed by atoms with Crippen LogP contribution in [0, 0.1) is 13.8 Å². The third-order valence-electron chi connectivity index (χ3n) is 1.97. The summed E-state index contributed by atoms with van der Waals surface area (Å²) in [5, 5.41) is 3.44. The van der Waals surface area contributed by atoms with E-state index in [9.17, 15) is 0 Å². The molecule has 1 aliphatic heterocycles. The minimum Gasteiger partial charge on any atom is -0.250 e. The van der Waals surface area contributed by atoms with Gasteiger partial charge in [0, 0.05) is 12.7 Å². The normalized spacial score (nSPS) is 13.6. The molecule has 2 rings (SSSR count). The van der Waals surface area contributed by atoms with Crippen LogP contribution in [0.4, 0.5) is 11.5 Å². The van der Waals surface area contributed by atoms with Gasteiger partial charge in [-0.05, 0) is 25.5 Å². The molecule has 0 amide bonds. The van der Waals surface area contributed by atoms with Gasteiger partial charge in [0.25, 0.3) is 0 Å². The van der Waals surface area contributed by atoms with E-state index < -0.39 is 0 Å². The predicted octanol–water partition coefficient (Wildman–Crippen LogP) is 0.870. The van der Waals surface area contributed by atoms with Crippen molar-refractivity contribution in [1.29, 1.82) is 0 Å². The molecule has 0 spiro atoms. The molecule has 0 saturated carbocycles. The third kappa shape index (κ3) is 0.888. The van der Waals surface area contributed by atoms with Crippen molar-refractivity contribution in [3.05, 3.63) is 17.3 Å². The molecular formula is C8H12N4. The second-order valence-electron chi connectivity index (χ2n) is 3.14. The molecule has 0 saturated heterocycles. The molecule has 4 nitrogen and oxygen atoms in total. The highest BCUT2D eigenvalue weighted by molar-refractivity contribution is 5.90. The Labute approximate surface area is 71.5 Å². The molecule has 0 aromatic carbocycles. The minimum absolute atomic E-state index is 0.984. The van der Waals surface area contributed by atoms with Crippen LogP contribution in [0.3, 0.4) is 0 Å². The molecule has 12 heavy (non-hydrogen) atoms. The van der Waals surface area contributed by atoms with Crippen molar-refractivity contribution in [2.45, 2.75) is 13.8 Å². The van der Waals surface area contributed by atoms with Crippen LogP contribution in [0.15, 0.2) is 6.07 Å². The Hall–Kier alpha value is -1.13. The first-order valence-electron chi connectivity index (χ1n) is 3.88. The Kier molecular flexibility index (Phi) is 1.37. The van der Waals surface area contributed by atoms with Crippen molar-refractivity contribution in [3.8, 4) is 0 Å². The molecule has 2 N–H and O–H groups in total. The summed E-state index contributed by atoms with van der Waals surface area (Å²) in [7, 11) is 1.80. The molecule has 1 aromatic rings. The van der Waals surface area contributed by atoms with E-state index in [0.29, 0.717) is 0 Å². The van der Waals surface area contributed by atoms with Crippen LogP contribution in [0.2, 0.25) is 0 Å². The molecule has 0 atom stereocenters. The number of hydrogen-bond donors (Lipinski definition) is 1. The summed E-state index contributed by atoms with van der Waals surface area (Å²) in [5.74, 6) is 6.57. The highest BCUT2D eigenvalue weighted by atomic mass is 15.8. The van der Waals surface area contributed by atoms with Crippen molar-refractivity contribution in [3.63, 3.8) is 0 Å². The fourth-order valence-electron chi connectivity index (χ4n) is 1.48. The number of aryl methyl sites for hydroxylation is 2. The lowest BCUT2D eigenvalue weighted by atomic mass is 10.2. The van der Waals surface area contributed by atoms with Gasteiger partial charge in [-0.2, -0.15) is 5.12 Å². The lowest BCUT2D eigenvalue weighted by Crippen LogP contribution is -2.33. The summed E-state index contributed by atoms with van der Waals surface area (Å²) >= 11 is 0. The van der Waals surface area contributed by atoms with E-state index in [1.54, 1.807) is 12.2 Å². The first kappa shape index (κ1) is 7.52. The summed E-state index contributed by atoms with van der Waals surface area (Å²) in [5.41, 5.74) is 3.41. The average Bonchev–Trinajstić information content (AvgIpc) is 2.60. The number of anilines is 2. The first-order valence-corrected chi connectivity index (χ1v) is 3.88. The number of fused-ring (bicyclic) bond motifs is 1. The maximum atomic E-state index is 5.59. The van der Waals surface area contributed by atoms with Gasteiger partial charge in [0.1, 0.15) is 5.69 Å². The van der Waals surface area contributed by atoms with Crippen molar-refractivity contribution in [2.24, 2.45) is 5.84 Å². The average molecular weight is 164 g/mol. The largest absolute Gasteiger partial charge is 0.250 e. The number of nitrogens with two attached hydrogens (primary N) is 1. The van der Waals surface area contributed by atoms with E-state index in [1.165, 1.54) is 5.56 Å². The predicted molar refractivity (Wildman–Crippen MR) is 47.8 cm³/mol. The second-order valence-corrected chi connectivity index (χ2v) is 3.14. The molecule has 2 heterocycles. The number of hydrazine groups is 2. The Morgan fingerprint density at radius 3 is 2.75 bits per heavy atom. The molecule has 64 valence electrons. The lowest BCUT2D eigenvalue weighted by Gasteiger charge is -2.09. The smallest absolute Gasteiger partial charge is 0.175 e. The highest BCUT2D eigenvalue weighted by Crippen LogP contribution is 2.48. The SMILES string of the molecule is Cc1cc(C)c2c(n1)N2N(C)N. The van der Waals surface area contributed by atoms with Crippen molar-refractivity contribution in [2.75, 3.05) is 12.1 Å². The van der Waals surface area contributed by atoms with E-state index in [2.05, 4.69) is 18.0 Å². The lowest BCUT2D eigenvalue weighted by molar-refractivity contribution is 0.378. The number of pyridine rings is 1. The maximum Gasteiger partial charge on any atom is 0.175 e. The van der Waals surface area contributed by atoms with Crippen molar-refractivity contribution < 1.29 is 0 Å². The summed E-state index contributed by atoms with van der Waals surface area (Å²) in [6, 6.07) is 2.06.